The van der Waals surface area contributed by atoms with Gasteiger partial charge in [0.2, 0.25) is 0 Å². The van der Waals surface area contributed by atoms with Gasteiger partial charge in [0.15, 0.2) is 16.9 Å². The fourth-order valence-electron chi connectivity index (χ4n) is 2.38. The van der Waals surface area contributed by atoms with E-state index in [1.807, 2.05) is 0 Å². The molecule has 6 nitrogen and oxygen atoms in total. The molecule has 0 aliphatic rings. The van der Waals surface area contributed by atoms with Crippen molar-refractivity contribution in [1.29, 1.82) is 0 Å². The van der Waals surface area contributed by atoms with E-state index in [9.17, 15) is 14.7 Å². The maximum atomic E-state index is 11.9. The number of benzene rings is 1. The van der Waals surface area contributed by atoms with Gasteiger partial charge in [-0.1, -0.05) is 23.7 Å². The van der Waals surface area contributed by atoms with Gasteiger partial charge in [-0.15, -0.1) is 0 Å². The molecule has 1 aromatic carbocycles. The Balaban J connectivity index is 2.03. The Morgan fingerprint density at radius 1 is 1.29 bits per heavy atom. The number of carbonyl (C=O) groups is 1. The highest BCUT2D eigenvalue weighted by Gasteiger charge is 2.19. The molecule has 122 valence electrons. The number of pyridine rings is 1. The highest BCUT2D eigenvalue weighted by molar-refractivity contribution is 6.29. The summed E-state index contributed by atoms with van der Waals surface area (Å²) in [6.45, 7) is 1.72. The number of para-hydroxylation sites is 1. The number of aromatic nitrogens is 1. The minimum absolute atomic E-state index is 0.0589. The van der Waals surface area contributed by atoms with Crippen molar-refractivity contribution in [2.45, 2.75) is 13.0 Å². The zero-order valence-electron chi connectivity index (χ0n) is 12.5. The van der Waals surface area contributed by atoms with E-state index >= 15 is 0 Å². The van der Waals surface area contributed by atoms with Crippen LogP contribution in [0, 0.1) is 0 Å². The maximum Gasteiger partial charge on any atom is 0.358 e. The molecular weight excluding hydrogens is 334 g/mol. The summed E-state index contributed by atoms with van der Waals surface area (Å²) in [5.74, 6) is -1.17. The first-order valence-corrected chi connectivity index (χ1v) is 7.42. The third-order valence-electron chi connectivity index (χ3n) is 3.48. The van der Waals surface area contributed by atoms with Crippen molar-refractivity contribution < 1.29 is 19.1 Å². The van der Waals surface area contributed by atoms with Crippen molar-refractivity contribution in [1.82, 2.24) is 4.98 Å². The topological polar surface area (TPSA) is 89.6 Å². The summed E-state index contributed by atoms with van der Waals surface area (Å²) in [6.07, 6.45) is 0.744. The Hall–Kier alpha value is -2.86. The second kappa shape index (κ2) is 6.33. The van der Waals surface area contributed by atoms with Gasteiger partial charge in [0.25, 0.3) is 0 Å². The molecule has 0 spiro atoms. The Morgan fingerprint density at radius 2 is 2.08 bits per heavy atom. The first-order chi connectivity index (χ1) is 11.5. The van der Waals surface area contributed by atoms with E-state index < -0.39 is 12.1 Å². The van der Waals surface area contributed by atoms with Gasteiger partial charge in [0.05, 0.1) is 11.6 Å². The fraction of sp³-hybridized carbons (Fsp3) is 0.118. The maximum absolute atomic E-state index is 11.9. The largest absolute Gasteiger partial charge is 0.483 e. The average molecular weight is 346 g/mol. The fourth-order valence-corrected chi connectivity index (χ4v) is 2.53. The zero-order valence-corrected chi connectivity index (χ0v) is 13.3. The van der Waals surface area contributed by atoms with Crippen LogP contribution in [0.25, 0.3) is 11.0 Å². The number of carboxylic acid groups (broad SMARTS) is 1. The standard InChI is InChI=1S/C17H12ClNO5/c1-9(24-13-5-6-14(18)19-15(13)17(21)22)10-3-2-4-11-12(20)7-8-23-16(10)11/h2-9H,1H3,(H,21,22). The summed E-state index contributed by atoms with van der Waals surface area (Å²) < 4.78 is 11.2. The van der Waals surface area contributed by atoms with Crippen LogP contribution in [0.15, 0.2) is 51.9 Å². The molecule has 2 heterocycles. The van der Waals surface area contributed by atoms with Gasteiger partial charge in [0, 0.05) is 11.6 Å². The number of fused-ring (bicyclic) bond motifs is 1. The highest BCUT2D eigenvalue weighted by Crippen LogP contribution is 2.29. The number of hydrogen-bond acceptors (Lipinski definition) is 5. The van der Waals surface area contributed by atoms with Crippen LogP contribution in [-0.2, 0) is 0 Å². The molecule has 24 heavy (non-hydrogen) atoms. The van der Waals surface area contributed by atoms with E-state index in [1.54, 1.807) is 25.1 Å². The number of rotatable bonds is 4. The van der Waals surface area contributed by atoms with Gasteiger partial charge in [-0.25, -0.2) is 9.78 Å². The van der Waals surface area contributed by atoms with Crippen LogP contribution >= 0.6 is 11.6 Å². The Kier molecular flexibility index (Phi) is 4.22. The van der Waals surface area contributed by atoms with E-state index in [2.05, 4.69) is 4.98 Å². The van der Waals surface area contributed by atoms with Crippen LogP contribution in [0.4, 0.5) is 0 Å². The van der Waals surface area contributed by atoms with Gasteiger partial charge in [-0.3, -0.25) is 4.79 Å². The van der Waals surface area contributed by atoms with Crippen molar-refractivity contribution in [2.75, 3.05) is 0 Å². The quantitative estimate of drug-likeness (QED) is 0.725. The summed E-state index contributed by atoms with van der Waals surface area (Å²) in [6, 6.07) is 9.34. The minimum Gasteiger partial charge on any atom is -0.483 e. The Bertz CT molecular complexity index is 982. The first-order valence-electron chi connectivity index (χ1n) is 7.04. The lowest BCUT2D eigenvalue weighted by atomic mass is 10.1. The van der Waals surface area contributed by atoms with E-state index in [-0.39, 0.29) is 22.0 Å². The molecule has 0 aliphatic carbocycles. The molecule has 0 saturated heterocycles. The van der Waals surface area contributed by atoms with Gasteiger partial charge >= 0.3 is 5.97 Å². The van der Waals surface area contributed by atoms with Crippen LogP contribution in [0.3, 0.4) is 0 Å². The predicted octanol–water partition coefficient (Wildman–Crippen LogP) is 3.68. The smallest absolute Gasteiger partial charge is 0.358 e. The van der Waals surface area contributed by atoms with Crippen LogP contribution in [0.5, 0.6) is 5.75 Å². The third kappa shape index (κ3) is 2.96. The van der Waals surface area contributed by atoms with Crippen molar-refractivity contribution in [3.8, 4) is 5.75 Å². The molecule has 0 bridgehead atoms. The minimum atomic E-state index is -1.25. The van der Waals surface area contributed by atoms with Crippen molar-refractivity contribution in [2.24, 2.45) is 0 Å². The molecule has 0 radical (unpaired) electrons. The zero-order chi connectivity index (χ0) is 17.3. The van der Waals surface area contributed by atoms with Crippen LogP contribution in [0.2, 0.25) is 5.15 Å². The summed E-state index contributed by atoms with van der Waals surface area (Å²) in [5.41, 5.74) is 0.577. The molecule has 1 N–H and O–H groups in total. The van der Waals surface area contributed by atoms with Gasteiger partial charge in [0.1, 0.15) is 16.8 Å². The molecular formula is C17H12ClNO5. The van der Waals surface area contributed by atoms with Gasteiger partial charge in [-0.05, 0) is 25.1 Å². The van der Waals surface area contributed by atoms with Crippen molar-refractivity contribution in [3.63, 3.8) is 0 Å². The lowest BCUT2D eigenvalue weighted by Crippen LogP contribution is -2.10. The summed E-state index contributed by atoms with van der Waals surface area (Å²) in [7, 11) is 0. The molecule has 0 amide bonds. The second-order valence-corrected chi connectivity index (χ2v) is 5.44. The van der Waals surface area contributed by atoms with Crippen LogP contribution < -0.4 is 10.2 Å². The molecule has 0 aliphatic heterocycles. The van der Waals surface area contributed by atoms with Gasteiger partial charge in [-0.2, -0.15) is 0 Å². The summed E-state index contributed by atoms with van der Waals surface area (Å²) >= 11 is 5.73. The second-order valence-electron chi connectivity index (χ2n) is 5.05. The molecule has 2 aromatic heterocycles. The van der Waals surface area contributed by atoms with Crippen LogP contribution in [-0.4, -0.2) is 16.1 Å². The number of hydrogen-bond donors (Lipinski definition) is 1. The number of carboxylic acids is 1. The molecule has 1 atom stereocenters. The number of halogens is 1. The number of ether oxygens (including phenoxy) is 1. The highest BCUT2D eigenvalue weighted by atomic mass is 35.5. The molecule has 3 aromatic rings. The lowest BCUT2D eigenvalue weighted by Gasteiger charge is -2.17. The molecule has 3 rings (SSSR count). The average Bonchev–Trinajstić information content (AvgIpc) is 2.56. The first kappa shape index (κ1) is 16.0. The van der Waals surface area contributed by atoms with Crippen molar-refractivity contribution in [3.05, 3.63) is 69.3 Å². The Morgan fingerprint density at radius 3 is 2.83 bits per heavy atom. The monoisotopic (exact) mass is 345 g/mol. The molecule has 7 heteroatoms. The van der Waals surface area contributed by atoms with Gasteiger partial charge < -0.3 is 14.3 Å². The summed E-state index contributed by atoms with van der Waals surface area (Å²) in [4.78, 5) is 26.9. The normalized spacial score (nSPS) is 12.1. The number of aromatic carboxylic acids is 1. The van der Waals surface area contributed by atoms with E-state index in [1.165, 1.54) is 24.5 Å². The summed E-state index contributed by atoms with van der Waals surface area (Å²) in [5, 5.41) is 9.71. The third-order valence-corrected chi connectivity index (χ3v) is 3.70. The molecule has 0 saturated carbocycles. The molecule has 0 fully saturated rings. The van der Waals surface area contributed by atoms with Crippen LogP contribution in [0.1, 0.15) is 29.1 Å². The number of nitrogens with zero attached hydrogens (tertiary/aromatic N) is 1. The Labute approximate surface area is 141 Å². The van der Waals surface area contributed by atoms with Crippen molar-refractivity contribution >= 4 is 28.5 Å². The van der Waals surface area contributed by atoms with E-state index in [4.69, 9.17) is 20.8 Å². The molecule has 1 unspecified atom stereocenters. The SMILES string of the molecule is CC(Oc1ccc(Cl)nc1C(=O)O)c1cccc2c(=O)ccoc12. The lowest BCUT2D eigenvalue weighted by molar-refractivity contribution is 0.0682. The van der Waals surface area contributed by atoms with E-state index in [0.717, 1.165) is 0 Å². The van der Waals surface area contributed by atoms with E-state index in [0.29, 0.717) is 16.5 Å². The predicted molar refractivity (Wildman–Crippen MR) is 87.7 cm³/mol.